The topological polar surface area (TPSA) is 84.3 Å². The maximum absolute atomic E-state index is 12.8. The van der Waals surface area contributed by atoms with Gasteiger partial charge in [-0.15, -0.1) is 0 Å². The molecule has 3 aromatic rings. The Kier molecular flexibility index (Phi) is 6.30. The maximum atomic E-state index is 12.8. The SMILES string of the molecule is C=CC(=O)Nc1cccc2ccc(-c3nccc(C(=O)N=C4CC[N+](C)([Si])[C@@H](C)C4)n3)cc12. The summed E-state index contributed by atoms with van der Waals surface area (Å²) in [6.07, 6.45) is 4.32. The van der Waals surface area contributed by atoms with Crippen molar-refractivity contribution in [2.24, 2.45) is 4.99 Å². The van der Waals surface area contributed by atoms with Gasteiger partial charge in [0, 0.05) is 41.4 Å². The van der Waals surface area contributed by atoms with Crippen LogP contribution in [0, 0.1) is 0 Å². The van der Waals surface area contributed by atoms with Crippen LogP contribution in [-0.2, 0) is 4.79 Å². The fraction of sp³-hybridized carbons (Fsp3) is 0.240. The van der Waals surface area contributed by atoms with Crippen LogP contribution in [0.4, 0.5) is 5.69 Å². The number of anilines is 1. The second-order valence-electron chi connectivity index (χ2n) is 8.48. The fourth-order valence-electron chi connectivity index (χ4n) is 3.85. The van der Waals surface area contributed by atoms with Crippen LogP contribution < -0.4 is 5.32 Å². The van der Waals surface area contributed by atoms with Gasteiger partial charge in [-0.3, -0.25) is 9.59 Å². The summed E-state index contributed by atoms with van der Waals surface area (Å²) in [7, 11) is 5.90. The number of piperidine rings is 1. The normalized spacial score (nSPS) is 21.7. The van der Waals surface area contributed by atoms with E-state index in [-0.39, 0.29) is 17.5 Å². The molecule has 33 heavy (non-hydrogen) atoms. The Morgan fingerprint density at radius 3 is 2.85 bits per heavy atom. The van der Waals surface area contributed by atoms with Gasteiger partial charge < -0.3 is 9.47 Å². The minimum Gasteiger partial charge on any atom is -0.378 e. The summed E-state index contributed by atoms with van der Waals surface area (Å²) in [5.74, 6) is -0.216. The number of amides is 2. The average Bonchev–Trinajstić information content (AvgIpc) is 2.81. The average molecular weight is 456 g/mol. The van der Waals surface area contributed by atoms with Crippen molar-refractivity contribution in [3.8, 4) is 11.4 Å². The summed E-state index contributed by atoms with van der Waals surface area (Å²) < 4.78 is 0.738. The number of quaternary nitrogens is 1. The number of hydrogen-bond donors (Lipinski definition) is 1. The summed E-state index contributed by atoms with van der Waals surface area (Å²) in [5.41, 5.74) is 2.56. The van der Waals surface area contributed by atoms with Crippen LogP contribution in [0.3, 0.4) is 0 Å². The van der Waals surface area contributed by atoms with Crippen molar-refractivity contribution in [2.45, 2.75) is 25.8 Å². The van der Waals surface area contributed by atoms with Crippen molar-refractivity contribution in [3.05, 3.63) is 67.0 Å². The van der Waals surface area contributed by atoms with E-state index in [1.54, 1.807) is 12.3 Å². The highest BCUT2D eigenvalue weighted by molar-refractivity contribution is 6.07. The molecule has 0 spiro atoms. The Hall–Kier alpha value is -3.49. The molecule has 7 nitrogen and oxygen atoms in total. The third kappa shape index (κ3) is 4.97. The summed E-state index contributed by atoms with van der Waals surface area (Å²) in [6.45, 7) is 6.52. The van der Waals surface area contributed by atoms with Crippen LogP contribution in [0.1, 0.15) is 30.3 Å². The molecule has 3 radical (unpaired) electrons. The van der Waals surface area contributed by atoms with Gasteiger partial charge in [0.05, 0.1) is 19.6 Å². The summed E-state index contributed by atoms with van der Waals surface area (Å²) in [6, 6.07) is 13.3. The number of likely N-dealkylation sites (tertiary alicyclic amines) is 1. The van der Waals surface area contributed by atoms with Gasteiger partial charge in [-0.2, -0.15) is 0 Å². The number of carbonyl (C=O) groups is 2. The molecule has 1 N–H and O–H groups in total. The molecule has 1 aliphatic rings. The molecular weight excluding hydrogens is 430 g/mol. The molecule has 0 bridgehead atoms. The van der Waals surface area contributed by atoms with Crippen molar-refractivity contribution in [3.63, 3.8) is 0 Å². The largest absolute Gasteiger partial charge is 0.449 e. The van der Waals surface area contributed by atoms with Crippen molar-refractivity contribution < 1.29 is 13.7 Å². The second-order valence-corrected chi connectivity index (χ2v) is 9.50. The molecule has 0 saturated carbocycles. The lowest BCUT2D eigenvalue weighted by Crippen LogP contribution is -2.53. The van der Waals surface area contributed by atoms with Gasteiger partial charge in [0.1, 0.15) is 5.69 Å². The maximum Gasteiger partial charge on any atom is 0.449 e. The van der Waals surface area contributed by atoms with E-state index in [4.69, 9.17) is 0 Å². The number of fused-ring (bicyclic) bond motifs is 1. The third-order valence-corrected chi connectivity index (χ3v) is 6.75. The molecule has 1 unspecified atom stereocenters. The van der Waals surface area contributed by atoms with Crippen LogP contribution in [0.15, 0.2) is 66.3 Å². The lowest BCUT2D eigenvalue weighted by atomic mass is 10.0. The van der Waals surface area contributed by atoms with E-state index in [9.17, 15) is 9.59 Å². The summed E-state index contributed by atoms with van der Waals surface area (Å²) in [5, 5.41) is 4.63. The van der Waals surface area contributed by atoms with E-state index in [2.05, 4.69) is 51.2 Å². The smallest absolute Gasteiger partial charge is 0.378 e. The van der Waals surface area contributed by atoms with Gasteiger partial charge in [-0.05, 0) is 36.6 Å². The van der Waals surface area contributed by atoms with Gasteiger partial charge in [-0.25, -0.2) is 15.0 Å². The van der Waals surface area contributed by atoms with Crippen molar-refractivity contribution in [1.82, 2.24) is 9.97 Å². The van der Waals surface area contributed by atoms with Crippen molar-refractivity contribution in [1.29, 1.82) is 0 Å². The van der Waals surface area contributed by atoms with Crippen LogP contribution in [0.25, 0.3) is 22.2 Å². The lowest BCUT2D eigenvalue weighted by molar-refractivity contribution is -0.822. The van der Waals surface area contributed by atoms with Gasteiger partial charge >= 0.3 is 10.4 Å². The second kappa shape index (κ2) is 9.17. The van der Waals surface area contributed by atoms with Crippen molar-refractivity contribution >= 4 is 44.4 Å². The Balaban J connectivity index is 1.63. The van der Waals surface area contributed by atoms with E-state index in [0.717, 1.165) is 45.6 Å². The first-order valence-electron chi connectivity index (χ1n) is 10.8. The Bertz CT molecular complexity index is 1280. The molecule has 1 fully saturated rings. The van der Waals surface area contributed by atoms with E-state index in [1.165, 1.54) is 6.08 Å². The monoisotopic (exact) mass is 455 g/mol. The highest BCUT2D eigenvalue weighted by Crippen LogP contribution is 2.28. The molecule has 2 amide bonds. The van der Waals surface area contributed by atoms with Crippen LogP contribution >= 0.6 is 0 Å². The van der Waals surface area contributed by atoms with Crippen LogP contribution in [-0.4, -0.2) is 61.7 Å². The quantitative estimate of drug-likeness (QED) is 0.480. The van der Waals surface area contributed by atoms with E-state index in [0.29, 0.717) is 17.6 Å². The molecule has 0 aliphatic carbocycles. The predicted octanol–water partition coefficient (Wildman–Crippen LogP) is 3.71. The van der Waals surface area contributed by atoms with Gasteiger partial charge in [0.15, 0.2) is 5.82 Å². The summed E-state index contributed by atoms with van der Waals surface area (Å²) in [4.78, 5) is 37.9. The Morgan fingerprint density at radius 1 is 1.27 bits per heavy atom. The molecule has 1 saturated heterocycles. The molecule has 165 valence electrons. The molecule has 1 aliphatic heterocycles. The molecular formula is C25H25N5O2Si+. The predicted molar refractivity (Wildman–Crippen MR) is 131 cm³/mol. The molecule has 1 aromatic heterocycles. The number of nitrogens with one attached hydrogen (secondary N) is 1. The van der Waals surface area contributed by atoms with Gasteiger partial charge in [-0.1, -0.05) is 30.8 Å². The van der Waals surface area contributed by atoms with Gasteiger partial charge in [0.2, 0.25) is 5.91 Å². The van der Waals surface area contributed by atoms with Crippen LogP contribution in [0.2, 0.25) is 0 Å². The molecule has 2 atom stereocenters. The minimum atomic E-state index is -0.356. The first-order chi connectivity index (χ1) is 15.8. The van der Waals surface area contributed by atoms with E-state index in [1.807, 2.05) is 36.4 Å². The fourth-order valence-corrected chi connectivity index (χ4v) is 4.05. The zero-order valence-electron chi connectivity index (χ0n) is 18.7. The van der Waals surface area contributed by atoms with E-state index >= 15 is 0 Å². The number of nitrogens with zero attached hydrogens (tertiary/aromatic N) is 4. The van der Waals surface area contributed by atoms with E-state index < -0.39 is 0 Å². The minimum absolute atomic E-state index is 0.259. The standard InChI is InChI=1S/C25H25N5O2Si/c1-4-23(31)28-21-7-5-6-17-8-9-18(15-20(17)21)24-26-12-10-22(29-24)25(32)27-19-11-13-30(3,33)16(2)14-19/h4-10,12,15-16H,1,11,13-14H2,2-3H3,(H,28,31)/q+1/t16-,30?/m0/s1. The highest BCUT2D eigenvalue weighted by Gasteiger charge is 2.31. The van der Waals surface area contributed by atoms with Gasteiger partial charge in [0.25, 0.3) is 5.91 Å². The zero-order chi connectivity index (χ0) is 23.6. The first kappa shape index (κ1) is 22.7. The number of benzene rings is 2. The number of hydrogen-bond acceptors (Lipinski definition) is 4. The molecule has 2 aromatic carbocycles. The Morgan fingerprint density at radius 2 is 2.09 bits per heavy atom. The zero-order valence-corrected chi connectivity index (χ0v) is 19.7. The highest BCUT2D eigenvalue weighted by atomic mass is 28.2. The number of rotatable bonds is 4. The van der Waals surface area contributed by atoms with Crippen molar-refractivity contribution in [2.75, 3.05) is 18.9 Å². The molecule has 4 rings (SSSR count). The molecule has 2 heterocycles. The Labute approximate surface area is 196 Å². The lowest BCUT2D eigenvalue weighted by Gasteiger charge is -2.40. The first-order valence-corrected chi connectivity index (χ1v) is 11.2. The molecule has 8 heteroatoms. The number of carbonyl (C=O) groups excluding carboxylic acids is 2. The third-order valence-electron chi connectivity index (χ3n) is 6.09. The number of aromatic nitrogens is 2. The number of aliphatic imine (C=N–C) groups is 1. The summed E-state index contributed by atoms with van der Waals surface area (Å²) >= 11 is 0. The van der Waals surface area contributed by atoms with Crippen LogP contribution in [0.5, 0.6) is 0 Å².